The summed E-state index contributed by atoms with van der Waals surface area (Å²) in [5.41, 5.74) is -0.287. The summed E-state index contributed by atoms with van der Waals surface area (Å²) >= 11 is 5.70. The van der Waals surface area contributed by atoms with Gasteiger partial charge in [-0.3, -0.25) is 9.59 Å². The van der Waals surface area contributed by atoms with Gasteiger partial charge in [-0.15, -0.1) is 0 Å². The second-order valence-electron chi connectivity index (χ2n) is 5.15. The van der Waals surface area contributed by atoms with Gasteiger partial charge in [-0.25, -0.2) is 4.98 Å². The molecule has 0 fully saturated rings. The monoisotopic (exact) mass is 268 g/mol. The van der Waals surface area contributed by atoms with Crippen molar-refractivity contribution in [2.24, 2.45) is 5.41 Å². The van der Waals surface area contributed by atoms with Crippen molar-refractivity contribution in [1.82, 2.24) is 10.3 Å². The summed E-state index contributed by atoms with van der Waals surface area (Å²) < 4.78 is 0. The first-order chi connectivity index (χ1) is 8.21. The van der Waals surface area contributed by atoms with E-state index in [1.165, 1.54) is 0 Å². The summed E-state index contributed by atoms with van der Waals surface area (Å²) in [6.45, 7) is 7.11. The third kappa shape index (κ3) is 3.81. The number of nitrogens with one attached hydrogen (secondary N) is 1. The second-order valence-corrected chi connectivity index (χ2v) is 5.54. The fourth-order valence-corrected chi connectivity index (χ4v) is 1.68. The van der Waals surface area contributed by atoms with Crippen LogP contribution in [0.3, 0.4) is 0 Å². The maximum atomic E-state index is 11.9. The van der Waals surface area contributed by atoms with E-state index in [0.717, 1.165) is 0 Å². The van der Waals surface area contributed by atoms with Crippen LogP contribution in [0.4, 0.5) is 0 Å². The topological polar surface area (TPSA) is 59.1 Å². The largest absolute Gasteiger partial charge is 0.341 e. The Morgan fingerprint density at radius 3 is 2.44 bits per heavy atom. The Balaban J connectivity index is 2.74. The van der Waals surface area contributed by atoms with Crippen LogP contribution in [-0.2, 0) is 4.79 Å². The van der Waals surface area contributed by atoms with E-state index in [1.807, 2.05) is 20.8 Å². The minimum absolute atomic E-state index is 0.0297. The van der Waals surface area contributed by atoms with Crippen LogP contribution in [-0.4, -0.2) is 22.7 Å². The summed E-state index contributed by atoms with van der Waals surface area (Å²) in [6, 6.07) is 4.22. The van der Waals surface area contributed by atoms with E-state index in [0.29, 0.717) is 0 Å². The number of amides is 1. The molecule has 5 heteroatoms. The molecule has 1 aromatic rings. The van der Waals surface area contributed by atoms with Crippen molar-refractivity contribution < 1.29 is 9.59 Å². The molecule has 0 aliphatic heterocycles. The number of ketones is 1. The molecule has 4 nitrogen and oxygen atoms in total. The maximum absolute atomic E-state index is 11.9. The number of hydrogen-bond acceptors (Lipinski definition) is 3. The van der Waals surface area contributed by atoms with Gasteiger partial charge in [-0.1, -0.05) is 38.4 Å². The van der Waals surface area contributed by atoms with Crippen LogP contribution in [0.25, 0.3) is 0 Å². The van der Waals surface area contributed by atoms with Crippen LogP contribution in [0, 0.1) is 5.41 Å². The lowest BCUT2D eigenvalue weighted by molar-refractivity contribution is -0.127. The summed E-state index contributed by atoms with van der Waals surface area (Å²) in [7, 11) is 0. The summed E-state index contributed by atoms with van der Waals surface area (Å²) in [5, 5.41) is 2.87. The maximum Gasteiger partial charge on any atom is 0.270 e. The van der Waals surface area contributed by atoms with E-state index in [2.05, 4.69) is 10.3 Å². The Labute approximate surface area is 112 Å². The van der Waals surface area contributed by atoms with E-state index in [1.54, 1.807) is 25.1 Å². The number of pyridine rings is 1. The van der Waals surface area contributed by atoms with E-state index in [4.69, 9.17) is 11.6 Å². The van der Waals surface area contributed by atoms with E-state index >= 15 is 0 Å². The summed E-state index contributed by atoms with van der Waals surface area (Å²) in [4.78, 5) is 27.7. The summed E-state index contributed by atoms with van der Waals surface area (Å²) in [5.74, 6) is -0.430. The van der Waals surface area contributed by atoms with Gasteiger partial charge in [0.15, 0.2) is 5.78 Å². The minimum Gasteiger partial charge on any atom is -0.341 e. The van der Waals surface area contributed by atoms with E-state index < -0.39 is 17.4 Å². The van der Waals surface area contributed by atoms with Gasteiger partial charge in [-0.05, 0) is 19.1 Å². The molecule has 0 saturated heterocycles. The van der Waals surface area contributed by atoms with Gasteiger partial charge in [-0.2, -0.15) is 0 Å². The molecule has 1 amide bonds. The average molecular weight is 269 g/mol. The fourth-order valence-electron chi connectivity index (χ4n) is 1.52. The Hall–Kier alpha value is -1.42. The lowest BCUT2D eigenvalue weighted by atomic mass is 9.87. The number of carbonyl (C=O) groups excluding carboxylic acids is 2. The molecule has 1 N–H and O–H groups in total. The number of nitrogens with zero attached hydrogens (tertiary/aromatic N) is 1. The van der Waals surface area contributed by atoms with Crippen LogP contribution in [0.5, 0.6) is 0 Å². The van der Waals surface area contributed by atoms with Crippen molar-refractivity contribution in [3.63, 3.8) is 0 Å². The molecule has 0 bridgehead atoms. The quantitative estimate of drug-likeness (QED) is 0.857. The molecule has 0 radical (unpaired) electrons. The second kappa shape index (κ2) is 5.48. The predicted molar refractivity (Wildman–Crippen MR) is 70.6 cm³/mol. The molecule has 0 aromatic carbocycles. The number of halogens is 1. The molecule has 1 aromatic heterocycles. The van der Waals surface area contributed by atoms with Crippen molar-refractivity contribution in [3.05, 3.63) is 29.0 Å². The lowest BCUT2D eigenvalue weighted by Crippen LogP contribution is -2.43. The van der Waals surface area contributed by atoms with Crippen LogP contribution < -0.4 is 5.32 Å². The molecule has 0 unspecified atom stereocenters. The molecular formula is C13H17ClN2O2. The van der Waals surface area contributed by atoms with Crippen molar-refractivity contribution in [2.45, 2.75) is 33.7 Å². The first-order valence-corrected chi connectivity index (χ1v) is 6.07. The summed E-state index contributed by atoms with van der Waals surface area (Å²) in [6.07, 6.45) is 0. The normalized spacial score (nSPS) is 12.9. The predicted octanol–water partition coefficient (Wildman–Crippen LogP) is 2.47. The van der Waals surface area contributed by atoms with E-state index in [9.17, 15) is 9.59 Å². The first kappa shape index (κ1) is 14.6. The van der Waals surface area contributed by atoms with Crippen molar-refractivity contribution >= 4 is 23.3 Å². The highest BCUT2D eigenvalue weighted by atomic mass is 35.5. The first-order valence-electron chi connectivity index (χ1n) is 5.69. The van der Waals surface area contributed by atoms with Gasteiger partial charge in [0.2, 0.25) is 0 Å². The fraction of sp³-hybridized carbons (Fsp3) is 0.462. The average Bonchev–Trinajstić information content (AvgIpc) is 2.26. The van der Waals surface area contributed by atoms with Crippen molar-refractivity contribution in [2.75, 3.05) is 0 Å². The number of Topliss-reactive ketones (excluding diaryl/α,β-unsaturated/α-hetero) is 1. The van der Waals surface area contributed by atoms with Crippen LogP contribution in [0.15, 0.2) is 18.2 Å². The molecule has 0 aliphatic carbocycles. The highest BCUT2D eigenvalue weighted by Gasteiger charge is 2.27. The molecule has 0 saturated carbocycles. The number of carbonyl (C=O) groups is 2. The molecule has 1 rings (SSSR count). The SMILES string of the molecule is C[C@H](NC(=O)c1cccc(Cl)n1)C(=O)C(C)(C)C. The molecule has 0 spiro atoms. The molecule has 0 aliphatic rings. The number of aromatic nitrogens is 1. The molecule has 1 heterocycles. The lowest BCUT2D eigenvalue weighted by Gasteiger charge is -2.22. The molecule has 98 valence electrons. The van der Waals surface area contributed by atoms with Crippen LogP contribution >= 0.6 is 11.6 Å². The Kier molecular flexibility index (Phi) is 4.46. The zero-order chi connectivity index (χ0) is 13.9. The van der Waals surface area contributed by atoms with Gasteiger partial charge in [0, 0.05) is 5.41 Å². The Bertz CT molecular complexity index is 466. The third-order valence-electron chi connectivity index (χ3n) is 2.43. The Morgan fingerprint density at radius 1 is 1.33 bits per heavy atom. The Morgan fingerprint density at radius 2 is 1.94 bits per heavy atom. The van der Waals surface area contributed by atoms with Gasteiger partial charge >= 0.3 is 0 Å². The molecule has 18 heavy (non-hydrogen) atoms. The number of rotatable bonds is 3. The van der Waals surface area contributed by atoms with Gasteiger partial charge in [0.1, 0.15) is 10.8 Å². The van der Waals surface area contributed by atoms with Gasteiger partial charge in [0.05, 0.1) is 6.04 Å². The zero-order valence-electron chi connectivity index (χ0n) is 11.0. The van der Waals surface area contributed by atoms with Crippen LogP contribution in [0.2, 0.25) is 5.15 Å². The number of hydrogen-bond donors (Lipinski definition) is 1. The van der Waals surface area contributed by atoms with Crippen molar-refractivity contribution in [1.29, 1.82) is 0 Å². The van der Waals surface area contributed by atoms with Crippen LogP contribution in [0.1, 0.15) is 38.2 Å². The highest BCUT2D eigenvalue weighted by molar-refractivity contribution is 6.29. The highest BCUT2D eigenvalue weighted by Crippen LogP contribution is 2.16. The zero-order valence-corrected chi connectivity index (χ0v) is 11.7. The third-order valence-corrected chi connectivity index (χ3v) is 2.64. The molecular weight excluding hydrogens is 252 g/mol. The standard InChI is InChI=1S/C13H17ClN2O2/c1-8(11(17)13(2,3)4)15-12(18)9-6-5-7-10(14)16-9/h5-8H,1-4H3,(H,15,18)/t8-/m0/s1. The molecule has 1 atom stereocenters. The van der Waals surface area contributed by atoms with E-state index in [-0.39, 0.29) is 16.6 Å². The minimum atomic E-state index is -0.557. The van der Waals surface area contributed by atoms with Gasteiger partial charge < -0.3 is 5.32 Å². The van der Waals surface area contributed by atoms with Gasteiger partial charge in [0.25, 0.3) is 5.91 Å². The smallest absolute Gasteiger partial charge is 0.270 e. The van der Waals surface area contributed by atoms with Crippen molar-refractivity contribution in [3.8, 4) is 0 Å².